The van der Waals surface area contributed by atoms with Crippen LogP contribution in [0.4, 0.5) is 11.4 Å². The number of benzene rings is 1. The molecular formula is C12H13N3O5. The molecule has 8 heteroatoms. The molecule has 0 aliphatic carbocycles. The first kappa shape index (κ1) is 13.8. The third-order valence-corrected chi connectivity index (χ3v) is 3.19. The zero-order valence-electron chi connectivity index (χ0n) is 10.7. The molecule has 0 saturated carbocycles. The lowest BCUT2D eigenvalue weighted by atomic mass is 10.1. The Kier molecular flexibility index (Phi) is 3.55. The summed E-state index contributed by atoms with van der Waals surface area (Å²) in [6.07, 6.45) is 0.00117. The maximum Gasteiger partial charge on any atom is 0.271 e. The number of carbonyl (C=O) groups is 2. The number of methoxy groups -OCH3 is 1. The van der Waals surface area contributed by atoms with E-state index >= 15 is 0 Å². The van der Waals surface area contributed by atoms with Crippen molar-refractivity contribution in [3.63, 3.8) is 0 Å². The monoisotopic (exact) mass is 279 g/mol. The van der Waals surface area contributed by atoms with Crippen molar-refractivity contribution in [1.29, 1.82) is 0 Å². The summed E-state index contributed by atoms with van der Waals surface area (Å²) in [4.78, 5) is 34.6. The maximum absolute atomic E-state index is 11.9. The summed E-state index contributed by atoms with van der Waals surface area (Å²) in [7, 11) is 1.40. The number of nitrogens with zero attached hydrogens (tertiary/aromatic N) is 2. The van der Waals surface area contributed by atoms with Crippen LogP contribution in [0, 0.1) is 16.0 Å². The van der Waals surface area contributed by atoms with Gasteiger partial charge in [-0.05, 0) is 6.07 Å². The Balaban J connectivity index is 2.40. The van der Waals surface area contributed by atoms with Gasteiger partial charge >= 0.3 is 0 Å². The molecule has 2 rings (SSSR count). The fourth-order valence-corrected chi connectivity index (χ4v) is 2.13. The zero-order chi connectivity index (χ0) is 14.9. The topological polar surface area (TPSA) is 116 Å². The summed E-state index contributed by atoms with van der Waals surface area (Å²) in [5.41, 5.74) is 5.31. The number of amides is 2. The second kappa shape index (κ2) is 5.16. The average molecular weight is 279 g/mol. The normalized spacial score (nSPS) is 18.1. The SMILES string of the molecule is COc1ccc([N+](=O)[O-])cc1N1C[C@H](C(N)=O)CC1=O. The average Bonchev–Trinajstić information content (AvgIpc) is 2.80. The largest absolute Gasteiger partial charge is 0.495 e. The van der Waals surface area contributed by atoms with Gasteiger partial charge in [-0.15, -0.1) is 0 Å². The highest BCUT2D eigenvalue weighted by Gasteiger charge is 2.35. The van der Waals surface area contributed by atoms with Crippen LogP contribution in [0.25, 0.3) is 0 Å². The minimum Gasteiger partial charge on any atom is -0.495 e. The van der Waals surface area contributed by atoms with Crippen molar-refractivity contribution in [1.82, 2.24) is 0 Å². The van der Waals surface area contributed by atoms with Gasteiger partial charge in [0.25, 0.3) is 5.69 Å². The Morgan fingerprint density at radius 2 is 2.25 bits per heavy atom. The maximum atomic E-state index is 11.9. The number of non-ortho nitro benzene ring substituents is 1. The van der Waals surface area contributed by atoms with Gasteiger partial charge in [-0.2, -0.15) is 0 Å². The van der Waals surface area contributed by atoms with Crippen molar-refractivity contribution in [2.45, 2.75) is 6.42 Å². The van der Waals surface area contributed by atoms with Crippen LogP contribution < -0.4 is 15.4 Å². The molecule has 1 aromatic carbocycles. The van der Waals surface area contributed by atoms with E-state index in [0.29, 0.717) is 5.75 Å². The minimum atomic E-state index is -0.591. The number of carbonyl (C=O) groups excluding carboxylic acids is 2. The van der Waals surface area contributed by atoms with E-state index in [1.807, 2.05) is 0 Å². The van der Waals surface area contributed by atoms with E-state index in [0.717, 1.165) is 0 Å². The van der Waals surface area contributed by atoms with Gasteiger partial charge < -0.3 is 15.4 Å². The fourth-order valence-electron chi connectivity index (χ4n) is 2.13. The summed E-state index contributed by atoms with van der Waals surface area (Å²) < 4.78 is 5.10. The van der Waals surface area contributed by atoms with Gasteiger partial charge in [-0.3, -0.25) is 19.7 Å². The summed E-state index contributed by atoms with van der Waals surface area (Å²) >= 11 is 0. The predicted molar refractivity (Wildman–Crippen MR) is 69.3 cm³/mol. The zero-order valence-corrected chi connectivity index (χ0v) is 10.7. The molecule has 20 heavy (non-hydrogen) atoms. The second-order valence-corrected chi connectivity index (χ2v) is 4.42. The van der Waals surface area contributed by atoms with Crippen LogP contribution in [0.15, 0.2) is 18.2 Å². The van der Waals surface area contributed by atoms with Crippen LogP contribution in [0.3, 0.4) is 0 Å². The van der Waals surface area contributed by atoms with E-state index in [1.165, 1.54) is 30.2 Å². The van der Waals surface area contributed by atoms with Gasteiger partial charge in [0.15, 0.2) is 0 Å². The van der Waals surface area contributed by atoms with Crippen molar-refractivity contribution >= 4 is 23.2 Å². The molecule has 1 atom stereocenters. The first-order chi connectivity index (χ1) is 9.43. The number of nitro groups is 1. The van der Waals surface area contributed by atoms with E-state index in [-0.39, 0.29) is 30.2 Å². The van der Waals surface area contributed by atoms with Crippen LogP contribution in [0.2, 0.25) is 0 Å². The lowest BCUT2D eigenvalue weighted by molar-refractivity contribution is -0.384. The highest BCUT2D eigenvalue weighted by molar-refractivity contribution is 6.01. The summed E-state index contributed by atoms with van der Waals surface area (Å²) in [6, 6.07) is 3.95. The predicted octanol–water partition coefficient (Wildman–Crippen LogP) is 0.442. The van der Waals surface area contributed by atoms with Gasteiger partial charge in [0, 0.05) is 25.1 Å². The molecule has 2 N–H and O–H groups in total. The third kappa shape index (κ3) is 2.40. The standard InChI is InChI=1S/C12H13N3O5/c1-20-10-3-2-8(15(18)19)5-9(10)14-6-7(12(13)17)4-11(14)16/h2-3,5,7H,4,6H2,1H3,(H2,13,17)/t7-/m1/s1. The van der Waals surface area contributed by atoms with Gasteiger partial charge in [0.2, 0.25) is 11.8 Å². The number of anilines is 1. The number of primary amides is 1. The number of hydrogen-bond acceptors (Lipinski definition) is 5. The summed E-state index contributed by atoms with van der Waals surface area (Å²) in [5.74, 6) is -1.14. The van der Waals surface area contributed by atoms with Crippen molar-refractivity contribution in [3.8, 4) is 5.75 Å². The smallest absolute Gasteiger partial charge is 0.271 e. The third-order valence-electron chi connectivity index (χ3n) is 3.19. The molecule has 2 amide bonds. The van der Waals surface area contributed by atoms with E-state index < -0.39 is 16.7 Å². The second-order valence-electron chi connectivity index (χ2n) is 4.42. The molecule has 8 nitrogen and oxygen atoms in total. The number of ether oxygens (including phenoxy) is 1. The molecule has 0 bridgehead atoms. The van der Waals surface area contributed by atoms with Crippen LogP contribution >= 0.6 is 0 Å². The van der Waals surface area contributed by atoms with Gasteiger partial charge in [0.05, 0.1) is 23.6 Å². The van der Waals surface area contributed by atoms with E-state index in [1.54, 1.807) is 0 Å². The number of nitrogens with two attached hydrogens (primary N) is 1. The molecule has 1 aliphatic heterocycles. The van der Waals surface area contributed by atoms with Crippen molar-refractivity contribution in [3.05, 3.63) is 28.3 Å². The molecule has 106 valence electrons. The summed E-state index contributed by atoms with van der Waals surface area (Å²) in [5, 5.41) is 10.8. The molecule has 0 spiro atoms. The van der Waals surface area contributed by atoms with Crippen molar-refractivity contribution in [2.24, 2.45) is 11.7 Å². The highest BCUT2D eigenvalue weighted by Crippen LogP contribution is 2.35. The van der Waals surface area contributed by atoms with E-state index in [4.69, 9.17) is 10.5 Å². The molecule has 1 heterocycles. The van der Waals surface area contributed by atoms with Crippen LogP contribution in [0.5, 0.6) is 5.75 Å². The number of hydrogen-bond donors (Lipinski definition) is 1. The first-order valence-corrected chi connectivity index (χ1v) is 5.86. The molecule has 1 aliphatic rings. The molecule has 1 fully saturated rings. The fraction of sp³-hybridized carbons (Fsp3) is 0.333. The lowest BCUT2D eigenvalue weighted by Crippen LogP contribution is -2.28. The molecule has 0 radical (unpaired) electrons. The Labute approximate surface area is 114 Å². The highest BCUT2D eigenvalue weighted by atomic mass is 16.6. The Hall–Kier alpha value is -2.64. The summed E-state index contributed by atoms with van der Waals surface area (Å²) in [6.45, 7) is 0.103. The molecule has 1 aromatic rings. The number of nitro benzene ring substituents is 1. The lowest BCUT2D eigenvalue weighted by Gasteiger charge is -2.18. The minimum absolute atomic E-state index is 0.00117. The van der Waals surface area contributed by atoms with Crippen LogP contribution in [-0.4, -0.2) is 30.4 Å². The van der Waals surface area contributed by atoms with Crippen LogP contribution in [-0.2, 0) is 9.59 Å². The first-order valence-electron chi connectivity index (χ1n) is 5.86. The van der Waals surface area contributed by atoms with Crippen LogP contribution in [0.1, 0.15) is 6.42 Å². The Bertz CT molecular complexity index is 586. The number of rotatable bonds is 4. The molecule has 0 aromatic heterocycles. The quantitative estimate of drug-likeness (QED) is 0.634. The van der Waals surface area contributed by atoms with Gasteiger partial charge in [-0.25, -0.2) is 0 Å². The Morgan fingerprint density at radius 3 is 2.75 bits per heavy atom. The molecular weight excluding hydrogens is 266 g/mol. The molecule has 1 saturated heterocycles. The van der Waals surface area contributed by atoms with Gasteiger partial charge in [0.1, 0.15) is 5.75 Å². The van der Waals surface area contributed by atoms with E-state index in [2.05, 4.69) is 0 Å². The molecule has 0 unspecified atom stereocenters. The van der Waals surface area contributed by atoms with E-state index in [9.17, 15) is 19.7 Å². The van der Waals surface area contributed by atoms with Gasteiger partial charge in [-0.1, -0.05) is 0 Å². The Morgan fingerprint density at radius 1 is 1.55 bits per heavy atom. The van der Waals surface area contributed by atoms with Crippen molar-refractivity contribution < 1.29 is 19.2 Å². The van der Waals surface area contributed by atoms with Crippen molar-refractivity contribution in [2.75, 3.05) is 18.6 Å².